The molecule has 4 nitrogen and oxygen atoms in total. The van der Waals surface area contributed by atoms with Gasteiger partial charge < -0.3 is 10.2 Å². The number of hydrogen-bond donors (Lipinski definition) is 1. The van der Waals surface area contributed by atoms with Gasteiger partial charge in [0.15, 0.2) is 0 Å². The fourth-order valence-corrected chi connectivity index (χ4v) is 3.64. The van der Waals surface area contributed by atoms with Crippen LogP contribution < -0.4 is 10.2 Å². The van der Waals surface area contributed by atoms with Gasteiger partial charge in [-0.15, -0.1) is 0 Å². The van der Waals surface area contributed by atoms with Crippen molar-refractivity contribution in [2.75, 3.05) is 18.0 Å². The number of aryl methyl sites for hydroxylation is 1. The summed E-state index contributed by atoms with van der Waals surface area (Å²) in [5, 5.41) is 3.29. The zero-order valence-corrected chi connectivity index (χ0v) is 13.6. The molecule has 1 saturated heterocycles. The number of carbonyl (C=O) groups is 1. The molecule has 0 bridgehead atoms. The lowest BCUT2D eigenvalue weighted by molar-refractivity contribution is -0.126. The number of piperidine rings is 1. The molecule has 1 saturated carbocycles. The van der Waals surface area contributed by atoms with Gasteiger partial charge in [-0.05, 0) is 44.7 Å². The average Bonchev–Trinajstić information content (AvgIpc) is 2.56. The number of nitrogens with zero attached hydrogens (tertiary/aromatic N) is 2. The molecule has 120 valence electrons. The van der Waals surface area contributed by atoms with E-state index in [4.69, 9.17) is 0 Å². The molecular formula is C18H27N3O. The Morgan fingerprint density at radius 1 is 1.14 bits per heavy atom. The van der Waals surface area contributed by atoms with E-state index in [1.165, 1.54) is 19.3 Å². The minimum absolute atomic E-state index is 0.269. The molecule has 0 aromatic carbocycles. The van der Waals surface area contributed by atoms with Gasteiger partial charge >= 0.3 is 0 Å². The Hall–Kier alpha value is -1.58. The summed E-state index contributed by atoms with van der Waals surface area (Å²) >= 11 is 0. The number of carbonyl (C=O) groups excluding carboxylic acids is 1. The van der Waals surface area contributed by atoms with Crippen LogP contribution in [0.25, 0.3) is 0 Å². The van der Waals surface area contributed by atoms with Crippen LogP contribution in [0.15, 0.2) is 18.2 Å². The van der Waals surface area contributed by atoms with E-state index in [9.17, 15) is 4.79 Å². The monoisotopic (exact) mass is 301 g/mol. The highest BCUT2D eigenvalue weighted by atomic mass is 16.1. The molecule has 1 aliphatic heterocycles. The van der Waals surface area contributed by atoms with Crippen molar-refractivity contribution in [3.05, 3.63) is 23.9 Å². The maximum atomic E-state index is 12.3. The molecule has 1 aromatic heterocycles. The van der Waals surface area contributed by atoms with Crippen molar-refractivity contribution in [3.8, 4) is 0 Å². The summed E-state index contributed by atoms with van der Waals surface area (Å²) in [6.45, 7) is 3.98. The maximum absolute atomic E-state index is 12.3. The molecule has 0 radical (unpaired) electrons. The molecule has 1 aromatic rings. The fourth-order valence-electron chi connectivity index (χ4n) is 3.64. The highest BCUT2D eigenvalue weighted by molar-refractivity contribution is 5.79. The smallest absolute Gasteiger partial charge is 0.223 e. The van der Waals surface area contributed by atoms with Crippen molar-refractivity contribution in [1.29, 1.82) is 0 Å². The van der Waals surface area contributed by atoms with Crippen LogP contribution in [0, 0.1) is 12.8 Å². The van der Waals surface area contributed by atoms with Crippen LogP contribution in [0.1, 0.15) is 50.6 Å². The number of anilines is 1. The first-order valence-corrected chi connectivity index (χ1v) is 8.71. The van der Waals surface area contributed by atoms with Crippen molar-refractivity contribution in [2.24, 2.45) is 5.92 Å². The van der Waals surface area contributed by atoms with Gasteiger partial charge in [0.25, 0.3) is 0 Å². The first-order valence-electron chi connectivity index (χ1n) is 8.71. The zero-order chi connectivity index (χ0) is 15.4. The highest BCUT2D eigenvalue weighted by Crippen LogP contribution is 2.24. The van der Waals surface area contributed by atoms with Gasteiger partial charge in [0.05, 0.1) is 0 Å². The topological polar surface area (TPSA) is 45.2 Å². The molecule has 1 aliphatic carbocycles. The number of aromatic nitrogens is 1. The molecule has 0 unspecified atom stereocenters. The van der Waals surface area contributed by atoms with E-state index in [1.807, 2.05) is 13.0 Å². The van der Waals surface area contributed by atoms with Crippen LogP contribution in [0.5, 0.6) is 0 Å². The normalized spacial score (nSPS) is 20.9. The minimum atomic E-state index is 0.269. The van der Waals surface area contributed by atoms with E-state index < -0.39 is 0 Å². The molecule has 3 rings (SSSR count). The fraction of sp³-hybridized carbons (Fsp3) is 0.667. The van der Waals surface area contributed by atoms with Crippen molar-refractivity contribution < 1.29 is 4.79 Å². The predicted octanol–water partition coefficient (Wildman–Crippen LogP) is 3.06. The lowest BCUT2D eigenvalue weighted by Crippen LogP contribution is -2.46. The molecule has 2 fully saturated rings. The van der Waals surface area contributed by atoms with E-state index in [0.29, 0.717) is 11.9 Å². The average molecular weight is 301 g/mol. The first kappa shape index (κ1) is 15.3. The van der Waals surface area contributed by atoms with Crippen molar-refractivity contribution in [2.45, 2.75) is 57.9 Å². The summed E-state index contributed by atoms with van der Waals surface area (Å²) in [7, 11) is 0. The second-order valence-electron chi connectivity index (χ2n) is 6.74. The van der Waals surface area contributed by atoms with Crippen molar-refractivity contribution in [1.82, 2.24) is 10.3 Å². The molecule has 4 heteroatoms. The third-order valence-electron chi connectivity index (χ3n) is 5.01. The first-order chi connectivity index (χ1) is 10.7. The largest absolute Gasteiger partial charge is 0.356 e. The third-order valence-corrected chi connectivity index (χ3v) is 5.01. The Balaban J connectivity index is 1.48. The third kappa shape index (κ3) is 3.79. The molecule has 1 N–H and O–H groups in total. The van der Waals surface area contributed by atoms with Gasteiger partial charge in [-0.25, -0.2) is 4.98 Å². The molecule has 22 heavy (non-hydrogen) atoms. The van der Waals surface area contributed by atoms with E-state index in [1.54, 1.807) is 0 Å². The maximum Gasteiger partial charge on any atom is 0.223 e. The van der Waals surface area contributed by atoms with Gasteiger partial charge in [0.1, 0.15) is 5.82 Å². The van der Waals surface area contributed by atoms with Crippen LogP contribution in [0.4, 0.5) is 5.82 Å². The molecule has 0 atom stereocenters. The quantitative estimate of drug-likeness (QED) is 0.933. The van der Waals surface area contributed by atoms with E-state index in [2.05, 4.69) is 27.3 Å². The van der Waals surface area contributed by atoms with Crippen LogP contribution >= 0.6 is 0 Å². The van der Waals surface area contributed by atoms with Gasteiger partial charge in [-0.2, -0.15) is 0 Å². The molecule has 2 aliphatic rings. The van der Waals surface area contributed by atoms with Crippen LogP contribution in [0.3, 0.4) is 0 Å². The van der Waals surface area contributed by atoms with E-state index in [0.717, 1.165) is 50.3 Å². The molecular weight excluding hydrogens is 274 g/mol. The minimum Gasteiger partial charge on any atom is -0.356 e. The number of nitrogens with one attached hydrogen (secondary N) is 1. The van der Waals surface area contributed by atoms with Gasteiger partial charge in [-0.3, -0.25) is 4.79 Å². The highest BCUT2D eigenvalue weighted by Gasteiger charge is 2.26. The second-order valence-corrected chi connectivity index (χ2v) is 6.74. The Morgan fingerprint density at radius 2 is 1.86 bits per heavy atom. The lowest BCUT2D eigenvalue weighted by atomic mass is 9.88. The van der Waals surface area contributed by atoms with Crippen LogP contribution in [-0.2, 0) is 4.79 Å². The summed E-state index contributed by atoms with van der Waals surface area (Å²) in [5.41, 5.74) is 1.06. The lowest BCUT2D eigenvalue weighted by Gasteiger charge is -2.34. The van der Waals surface area contributed by atoms with Crippen LogP contribution in [0.2, 0.25) is 0 Å². The number of hydrogen-bond acceptors (Lipinski definition) is 3. The zero-order valence-electron chi connectivity index (χ0n) is 13.6. The SMILES string of the molecule is Cc1cccc(N2CCC(NC(=O)C3CCCCC3)CC2)n1. The number of pyridine rings is 1. The summed E-state index contributed by atoms with van der Waals surface area (Å²) in [4.78, 5) is 19.2. The summed E-state index contributed by atoms with van der Waals surface area (Å²) in [6, 6.07) is 6.51. The predicted molar refractivity (Wildman–Crippen MR) is 88.9 cm³/mol. The summed E-state index contributed by atoms with van der Waals surface area (Å²) < 4.78 is 0. The second kappa shape index (κ2) is 7.12. The Bertz CT molecular complexity index is 503. The molecule has 1 amide bonds. The standard InChI is InChI=1S/C18H27N3O/c1-14-6-5-9-17(19-14)21-12-10-16(11-13-21)20-18(22)15-7-3-2-4-8-15/h5-6,9,15-16H,2-4,7-8,10-13H2,1H3,(H,20,22). The number of rotatable bonds is 3. The summed E-state index contributed by atoms with van der Waals surface area (Å²) in [6.07, 6.45) is 7.94. The number of amides is 1. The molecule has 2 heterocycles. The van der Waals surface area contributed by atoms with Gasteiger partial charge in [0, 0.05) is 30.7 Å². The van der Waals surface area contributed by atoms with Crippen molar-refractivity contribution >= 4 is 11.7 Å². The Morgan fingerprint density at radius 3 is 2.55 bits per heavy atom. The Kier molecular flexibility index (Phi) is 4.96. The van der Waals surface area contributed by atoms with Gasteiger partial charge in [-0.1, -0.05) is 25.3 Å². The van der Waals surface area contributed by atoms with E-state index in [-0.39, 0.29) is 5.92 Å². The van der Waals surface area contributed by atoms with Crippen LogP contribution in [-0.4, -0.2) is 30.0 Å². The van der Waals surface area contributed by atoms with Crippen molar-refractivity contribution in [3.63, 3.8) is 0 Å². The van der Waals surface area contributed by atoms with E-state index >= 15 is 0 Å². The van der Waals surface area contributed by atoms with Gasteiger partial charge in [0.2, 0.25) is 5.91 Å². The Labute approximate surface area is 133 Å². The molecule has 0 spiro atoms. The summed E-state index contributed by atoms with van der Waals surface area (Å²) in [5.74, 6) is 1.63.